The van der Waals surface area contributed by atoms with E-state index in [2.05, 4.69) is 0 Å². The second-order valence-electron chi connectivity index (χ2n) is 3.60. The van der Waals surface area contributed by atoms with Gasteiger partial charge in [0.15, 0.2) is 0 Å². The van der Waals surface area contributed by atoms with Crippen LogP contribution in [0.4, 0.5) is 3.89 Å². The monoisotopic (exact) mass is 231 g/mol. The van der Waals surface area contributed by atoms with Crippen molar-refractivity contribution in [1.82, 2.24) is 0 Å². The van der Waals surface area contributed by atoms with E-state index in [1.807, 2.05) is 13.8 Å². The lowest BCUT2D eigenvalue weighted by molar-refractivity contribution is 0.551. The quantitative estimate of drug-likeness (QED) is 0.803. The number of nitrogens with two attached hydrogens (primary N) is 1. The topological polar surface area (TPSA) is 60.2 Å². The molecule has 0 fully saturated rings. The van der Waals surface area contributed by atoms with E-state index in [9.17, 15) is 12.3 Å². The van der Waals surface area contributed by atoms with Gasteiger partial charge < -0.3 is 5.73 Å². The van der Waals surface area contributed by atoms with Crippen LogP contribution in [0.25, 0.3) is 0 Å². The largest absolute Gasteiger partial charge is 0.326 e. The normalized spacial score (nSPS) is 11.7. The summed E-state index contributed by atoms with van der Waals surface area (Å²) < 4.78 is 33.4. The highest BCUT2D eigenvalue weighted by molar-refractivity contribution is 7.85. The zero-order valence-electron chi connectivity index (χ0n) is 8.75. The second kappa shape index (κ2) is 4.28. The number of benzene rings is 1. The molecule has 5 heteroatoms. The molecule has 0 aliphatic heterocycles. The minimum atomic E-state index is -4.46. The molecule has 2 N–H and O–H groups in total. The van der Waals surface area contributed by atoms with Crippen molar-refractivity contribution in [2.45, 2.75) is 26.1 Å². The highest BCUT2D eigenvalue weighted by atomic mass is 32.3. The Labute approximate surface area is 89.3 Å². The third-order valence-corrected chi connectivity index (χ3v) is 2.98. The maximum atomic E-state index is 12.5. The predicted molar refractivity (Wildman–Crippen MR) is 57.5 cm³/mol. The summed E-state index contributed by atoms with van der Waals surface area (Å²) in [6.45, 7) is 4.08. The molecule has 0 amide bonds. The number of hydrogen-bond donors (Lipinski definition) is 1. The average molecular weight is 231 g/mol. The van der Waals surface area contributed by atoms with Gasteiger partial charge in [-0.25, -0.2) is 0 Å². The van der Waals surface area contributed by atoms with E-state index in [1.165, 1.54) is 0 Å². The van der Waals surface area contributed by atoms with E-state index in [0.717, 1.165) is 16.7 Å². The van der Waals surface area contributed by atoms with Gasteiger partial charge in [-0.3, -0.25) is 0 Å². The van der Waals surface area contributed by atoms with Crippen LogP contribution in [-0.4, -0.2) is 8.42 Å². The van der Waals surface area contributed by atoms with E-state index in [-0.39, 0.29) is 0 Å². The molecule has 0 atom stereocenters. The number of hydrogen-bond acceptors (Lipinski definition) is 3. The minimum absolute atomic E-state index is 0.403. The molecule has 0 saturated carbocycles. The lowest BCUT2D eigenvalue weighted by atomic mass is 10.0. The van der Waals surface area contributed by atoms with E-state index < -0.39 is 16.0 Å². The smallest absolute Gasteiger partial charge is 0.306 e. The number of aryl methyl sites for hydroxylation is 2. The van der Waals surface area contributed by atoms with Crippen LogP contribution >= 0.6 is 0 Å². The lowest BCUT2D eigenvalue weighted by Gasteiger charge is -2.09. The van der Waals surface area contributed by atoms with E-state index >= 15 is 0 Å². The van der Waals surface area contributed by atoms with Gasteiger partial charge in [-0.2, -0.15) is 8.42 Å². The van der Waals surface area contributed by atoms with Crippen molar-refractivity contribution in [2.24, 2.45) is 5.73 Å². The van der Waals surface area contributed by atoms with Crippen molar-refractivity contribution in [3.63, 3.8) is 0 Å². The maximum Gasteiger partial charge on any atom is 0.306 e. The predicted octanol–water partition coefficient (Wildman–Crippen LogP) is 1.56. The van der Waals surface area contributed by atoms with Crippen molar-refractivity contribution < 1.29 is 12.3 Å². The Morgan fingerprint density at radius 3 is 2.07 bits per heavy atom. The van der Waals surface area contributed by atoms with Gasteiger partial charge in [-0.15, -0.1) is 3.89 Å². The van der Waals surface area contributed by atoms with Gasteiger partial charge in [-0.05, 0) is 36.1 Å². The standard InChI is InChI=1S/C10H14FNO2S/c1-7-3-9(6-15(11,13)14)4-8(2)10(7)5-12/h3-4H,5-6,12H2,1-2H3. The zero-order valence-corrected chi connectivity index (χ0v) is 9.57. The first-order valence-electron chi connectivity index (χ1n) is 4.55. The molecule has 0 saturated heterocycles. The summed E-state index contributed by atoms with van der Waals surface area (Å²) >= 11 is 0. The molecule has 0 heterocycles. The summed E-state index contributed by atoms with van der Waals surface area (Å²) in [5.41, 5.74) is 8.78. The van der Waals surface area contributed by atoms with Crippen LogP contribution < -0.4 is 5.73 Å². The fourth-order valence-electron chi connectivity index (χ4n) is 1.69. The van der Waals surface area contributed by atoms with Gasteiger partial charge in [0, 0.05) is 6.54 Å². The molecular formula is C10H14FNO2S. The molecule has 0 radical (unpaired) electrons. The van der Waals surface area contributed by atoms with Gasteiger partial charge in [-0.1, -0.05) is 12.1 Å². The maximum absolute atomic E-state index is 12.5. The van der Waals surface area contributed by atoms with Crippen LogP contribution in [0.2, 0.25) is 0 Å². The van der Waals surface area contributed by atoms with Crippen LogP contribution in [0.1, 0.15) is 22.3 Å². The summed E-state index contributed by atoms with van der Waals surface area (Å²) in [4.78, 5) is 0. The van der Waals surface area contributed by atoms with Crippen LogP contribution in [0.5, 0.6) is 0 Å². The molecule has 1 aromatic carbocycles. The average Bonchev–Trinajstić information content (AvgIpc) is 1.99. The molecule has 1 aromatic rings. The number of rotatable bonds is 3. The Balaban J connectivity index is 3.15. The Kier molecular flexibility index (Phi) is 3.46. The Bertz CT molecular complexity index is 445. The van der Waals surface area contributed by atoms with Crippen LogP contribution in [0, 0.1) is 13.8 Å². The van der Waals surface area contributed by atoms with Crippen molar-refractivity contribution in [1.29, 1.82) is 0 Å². The molecule has 0 unspecified atom stereocenters. The summed E-state index contributed by atoms with van der Waals surface area (Å²) in [5, 5.41) is 0. The first kappa shape index (κ1) is 12.1. The molecule has 3 nitrogen and oxygen atoms in total. The van der Waals surface area contributed by atoms with Gasteiger partial charge in [0.05, 0.1) is 0 Å². The third kappa shape index (κ3) is 3.28. The fraction of sp³-hybridized carbons (Fsp3) is 0.400. The summed E-state index contributed by atoms with van der Waals surface area (Å²) in [6, 6.07) is 3.32. The molecule has 15 heavy (non-hydrogen) atoms. The number of halogens is 1. The Hall–Kier alpha value is -0.940. The Morgan fingerprint density at radius 1 is 1.27 bits per heavy atom. The first-order valence-corrected chi connectivity index (χ1v) is 6.10. The summed E-state index contributed by atoms with van der Waals surface area (Å²) in [5.74, 6) is -0.570. The van der Waals surface area contributed by atoms with Crippen molar-refractivity contribution >= 4 is 10.2 Å². The van der Waals surface area contributed by atoms with Crippen molar-refractivity contribution in [2.75, 3.05) is 0 Å². The van der Waals surface area contributed by atoms with Gasteiger partial charge in [0.2, 0.25) is 0 Å². The molecule has 0 spiro atoms. The lowest BCUT2D eigenvalue weighted by Crippen LogP contribution is -2.04. The summed E-state index contributed by atoms with van der Waals surface area (Å²) in [6.07, 6.45) is 0. The highest BCUT2D eigenvalue weighted by Crippen LogP contribution is 2.18. The molecular weight excluding hydrogens is 217 g/mol. The first-order chi connectivity index (χ1) is 6.83. The third-order valence-electron chi connectivity index (χ3n) is 2.30. The molecule has 84 valence electrons. The Morgan fingerprint density at radius 2 is 1.73 bits per heavy atom. The zero-order chi connectivity index (χ0) is 11.6. The molecule has 0 aromatic heterocycles. The fourth-order valence-corrected chi connectivity index (χ4v) is 2.25. The van der Waals surface area contributed by atoms with E-state index in [0.29, 0.717) is 12.1 Å². The molecule has 0 aliphatic carbocycles. The van der Waals surface area contributed by atoms with Crippen molar-refractivity contribution in [3.05, 3.63) is 34.4 Å². The van der Waals surface area contributed by atoms with Crippen LogP contribution in [0.15, 0.2) is 12.1 Å². The van der Waals surface area contributed by atoms with Gasteiger partial charge in [0.1, 0.15) is 5.75 Å². The molecule has 0 aliphatic rings. The van der Waals surface area contributed by atoms with Gasteiger partial charge >= 0.3 is 10.2 Å². The van der Waals surface area contributed by atoms with E-state index in [1.54, 1.807) is 12.1 Å². The van der Waals surface area contributed by atoms with Gasteiger partial charge in [0.25, 0.3) is 0 Å². The van der Waals surface area contributed by atoms with Crippen LogP contribution in [0.3, 0.4) is 0 Å². The second-order valence-corrected chi connectivity index (χ2v) is 4.96. The minimum Gasteiger partial charge on any atom is -0.326 e. The van der Waals surface area contributed by atoms with Crippen LogP contribution in [-0.2, 0) is 22.5 Å². The van der Waals surface area contributed by atoms with E-state index in [4.69, 9.17) is 5.73 Å². The molecule has 1 rings (SSSR count). The van der Waals surface area contributed by atoms with Crippen molar-refractivity contribution in [3.8, 4) is 0 Å². The molecule has 0 bridgehead atoms. The highest BCUT2D eigenvalue weighted by Gasteiger charge is 2.11. The summed E-state index contributed by atoms with van der Waals surface area (Å²) in [7, 11) is -4.46. The SMILES string of the molecule is Cc1cc(CS(=O)(=O)F)cc(C)c1CN.